The average Bonchev–Trinajstić information content (AvgIpc) is 3.12. The van der Waals surface area contributed by atoms with Gasteiger partial charge >= 0.3 is 0 Å². The molecule has 2 heterocycles. The Morgan fingerprint density at radius 2 is 1.20 bits per heavy atom. The Morgan fingerprint density at radius 3 is 1.71 bits per heavy atom. The predicted octanol–water partition coefficient (Wildman–Crippen LogP) is 2.70. The highest BCUT2D eigenvalue weighted by molar-refractivity contribution is 6.22. The Bertz CT molecular complexity index is 1210. The van der Waals surface area contributed by atoms with Crippen LogP contribution in [0.15, 0.2) is 36.4 Å². The second-order valence-corrected chi connectivity index (χ2v) is 9.53. The van der Waals surface area contributed by atoms with Gasteiger partial charge in [0.1, 0.15) is 0 Å². The van der Waals surface area contributed by atoms with E-state index in [1.165, 1.54) is 25.2 Å². The van der Waals surface area contributed by atoms with E-state index in [1.807, 2.05) is 0 Å². The van der Waals surface area contributed by atoms with Crippen molar-refractivity contribution in [1.82, 2.24) is 14.7 Å². The fourth-order valence-electron chi connectivity index (χ4n) is 4.43. The normalized spacial score (nSPS) is 15.9. The van der Waals surface area contributed by atoms with Crippen LogP contribution < -0.4 is 9.47 Å². The highest BCUT2D eigenvalue weighted by atomic mass is 16.5. The van der Waals surface area contributed by atoms with Crippen LogP contribution in [0.3, 0.4) is 0 Å². The summed E-state index contributed by atoms with van der Waals surface area (Å²) in [6, 6.07) is 9.65. The van der Waals surface area contributed by atoms with Crippen molar-refractivity contribution < 1.29 is 28.7 Å². The third kappa shape index (κ3) is 4.34. The number of carbonyl (C=O) groups is 4. The SMILES string of the molecule is COc1ccc(C(=O)N2CCN(C(=O)c3ccc4c(c3)C(=O)N(C(C)(C)C)C4=O)CC2)cc1OC. The number of ether oxygens (including phenoxy) is 2. The molecule has 2 aromatic rings. The van der Waals surface area contributed by atoms with Crippen molar-refractivity contribution in [2.45, 2.75) is 26.3 Å². The predicted molar refractivity (Wildman–Crippen MR) is 128 cm³/mol. The lowest BCUT2D eigenvalue weighted by Gasteiger charge is -2.35. The summed E-state index contributed by atoms with van der Waals surface area (Å²) in [5.41, 5.74) is 0.728. The van der Waals surface area contributed by atoms with E-state index in [0.717, 1.165) is 0 Å². The molecular weight excluding hydrogens is 450 g/mol. The van der Waals surface area contributed by atoms with Crippen molar-refractivity contribution in [1.29, 1.82) is 0 Å². The molecule has 0 bridgehead atoms. The smallest absolute Gasteiger partial charge is 0.262 e. The molecule has 2 aliphatic heterocycles. The first-order chi connectivity index (χ1) is 16.6. The Balaban J connectivity index is 1.44. The summed E-state index contributed by atoms with van der Waals surface area (Å²) in [6.07, 6.45) is 0. The van der Waals surface area contributed by atoms with Crippen molar-refractivity contribution in [2.75, 3.05) is 40.4 Å². The Kier molecular flexibility index (Phi) is 6.27. The van der Waals surface area contributed by atoms with Gasteiger partial charge in [-0.15, -0.1) is 0 Å². The molecule has 1 fully saturated rings. The topological polar surface area (TPSA) is 96.5 Å². The molecule has 184 valence electrons. The number of hydrogen-bond acceptors (Lipinski definition) is 6. The second kappa shape index (κ2) is 9.05. The largest absolute Gasteiger partial charge is 0.493 e. The monoisotopic (exact) mass is 479 g/mol. The minimum absolute atomic E-state index is 0.151. The zero-order valence-electron chi connectivity index (χ0n) is 20.6. The van der Waals surface area contributed by atoms with Crippen LogP contribution in [0.2, 0.25) is 0 Å². The van der Waals surface area contributed by atoms with Crippen LogP contribution in [-0.4, -0.2) is 84.3 Å². The Hall–Kier alpha value is -3.88. The lowest BCUT2D eigenvalue weighted by Crippen LogP contribution is -2.50. The third-order valence-electron chi connectivity index (χ3n) is 6.29. The van der Waals surface area contributed by atoms with E-state index in [1.54, 1.807) is 60.9 Å². The van der Waals surface area contributed by atoms with Gasteiger partial charge < -0.3 is 19.3 Å². The van der Waals surface area contributed by atoms with Gasteiger partial charge in [0.05, 0.1) is 25.3 Å². The van der Waals surface area contributed by atoms with E-state index in [0.29, 0.717) is 54.4 Å². The molecule has 2 aliphatic rings. The summed E-state index contributed by atoms with van der Waals surface area (Å²) < 4.78 is 10.5. The van der Waals surface area contributed by atoms with Gasteiger partial charge in [0.25, 0.3) is 23.6 Å². The molecule has 0 atom stereocenters. The number of fused-ring (bicyclic) bond motifs is 1. The second-order valence-electron chi connectivity index (χ2n) is 9.53. The lowest BCUT2D eigenvalue weighted by molar-refractivity contribution is 0.0507. The van der Waals surface area contributed by atoms with Crippen molar-refractivity contribution in [2.24, 2.45) is 0 Å². The summed E-state index contributed by atoms with van der Waals surface area (Å²) in [5.74, 6) is -0.111. The summed E-state index contributed by atoms with van der Waals surface area (Å²) >= 11 is 0. The molecule has 9 heteroatoms. The summed E-state index contributed by atoms with van der Waals surface area (Å²) in [4.78, 5) is 56.2. The van der Waals surface area contributed by atoms with Gasteiger partial charge in [0, 0.05) is 42.8 Å². The van der Waals surface area contributed by atoms with Crippen LogP contribution in [0, 0.1) is 0 Å². The fraction of sp³-hybridized carbons (Fsp3) is 0.385. The number of methoxy groups -OCH3 is 2. The van der Waals surface area contributed by atoms with Gasteiger partial charge in [-0.1, -0.05) is 0 Å². The molecule has 0 aromatic heterocycles. The van der Waals surface area contributed by atoms with Gasteiger partial charge in [0.15, 0.2) is 11.5 Å². The number of piperazine rings is 1. The first-order valence-electron chi connectivity index (χ1n) is 11.4. The average molecular weight is 480 g/mol. The van der Waals surface area contributed by atoms with Crippen LogP contribution in [0.4, 0.5) is 0 Å². The van der Waals surface area contributed by atoms with Crippen molar-refractivity contribution in [3.63, 3.8) is 0 Å². The van der Waals surface area contributed by atoms with Crippen molar-refractivity contribution in [3.05, 3.63) is 58.7 Å². The number of amides is 4. The lowest BCUT2D eigenvalue weighted by atomic mass is 10.0. The highest BCUT2D eigenvalue weighted by Gasteiger charge is 2.42. The number of benzene rings is 2. The van der Waals surface area contributed by atoms with E-state index in [4.69, 9.17) is 9.47 Å². The molecule has 0 spiro atoms. The summed E-state index contributed by atoms with van der Waals surface area (Å²) in [6.45, 7) is 6.85. The van der Waals surface area contributed by atoms with Crippen LogP contribution in [-0.2, 0) is 0 Å². The number of nitrogens with zero attached hydrogens (tertiary/aromatic N) is 3. The zero-order chi connectivity index (χ0) is 25.5. The van der Waals surface area contributed by atoms with E-state index in [9.17, 15) is 19.2 Å². The number of imide groups is 1. The molecule has 4 rings (SSSR count). The molecule has 1 saturated heterocycles. The number of rotatable bonds is 4. The fourth-order valence-corrected chi connectivity index (χ4v) is 4.43. The molecule has 4 amide bonds. The maximum absolute atomic E-state index is 13.1. The van der Waals surface area contributed by atoms with Crippen molar-refractivity contribution in [3.8, 4) is 11.5 Å². The quantitative estimate of drug-likeness (QED) is 0.626. The zero-order valence-corrected chi connectivity index (χ0v) is 20.6. The molecule has 9 nitrogen and oxygen atoms in total. The first kappa shape index (κ1) is 24.3. The molecule has 35 heavy (non-hydrogen) atoms. The summed E-state index contributed by atoms with van der Waals surface area (Å²) in [5, 5.41) is 0. The Labute approximate surface area is 204 Å². The molecule has 0 aliphatic carbocycles. The Morgan fingerprint density at radius 1 is 0.714 bits per heavy atom. The maximum atomic E-state index is 13.1. The van der Waals surface area contributed by atoms with E-state index in [-0.39, 0.29) is 23.3 Å². The minimum atomic E-state index is -0.659. The van der Waals surface area contributed by atoms with Gasteiger partial charge in [-0.25, -0.2) is 0 Å². The van der Waals surface area contributed by atoms with E-state index in [2.05, 4.69) is 0 Å². The maximum Gasteiger partial charge on any atom is 0.262 e. The van der Waals surface area contributed by atoms with Crippen LogP contribution in [0.1, 0.15) is 62.2 Å². The van der Waals surface area contributed by atoms with Crippen LogP contribution >= 0.6 is 0 Å². The first-order valence-corrected chi connectivity index (χ1v) is 11.4. The molecule has 0 radical (unpaired) electrons. The van der Waals surface area contributed by atoms with E-state index >= 15 is 0 Å². The van der Waals surface area contributed by atoms with E-state index < -0.39 is 11.4 Å². The molecule has 0 saturated carbocycles. The number of carbonyl (C=O) groups excluding carboxylic acids is 4. The van der Waals surface area contributed by atoms with Gasteiger partial charge in [0.2, 0.25) is 0 Å². The van der Waals surface area contributed by atoms with Crippen LogP contribution in [0.5, 0.6) is 11.5 Å². The third-order valence-corrected chi connectivity index (χ3v) is 6.29. The van der Waals surface area contributed by atoms with Gasteiger partial charge in [-0.3, -0.25) is 24.1 Å². The minimum Gasteiger partial charge on any atom is -0.493 e. The summed E-state index contributed by atoms with van der Waals surface area (Å²) in [7, 11) is 3.05. The molecular formula is C26H29N3O6. The van der Waals surface area contributed by atoms with Gasteiger partial charge in [-0.2, -0.15) is 0 Å². The van der Waals surface area contributed by atoms with Crippen molar-refractivity contribution >= 4 is 23.6 Å². The molecule has 0 unspecified atom stereocenters. The number of hydrogen-bond donors (Lipinski definition) is 0. The highest BCUT2D eigenvalue weighted by Crippen LogP contribution is 2.31. The van der Waals surface area contributed by atoms with Gasteiger partial charge in [-0.05, 0) is 57.2 Å². The molecule has 2 aromatic carbocycles. The van der Waals surface area contributed by atoms with Crippen LogP contribution in [0.25, 0.3) is 0 Å². The molecule has 0 N–H and O–H groups in total. The standard InChI is InChI=1S/C26H29N3O6/c1-26(2,3)29-24(32)18-8-6-16(14-19(18)25(29)33)22(30)27-10-12-28(13-11-27)23(31)17-7-9-20(34-4)21(15-17)35-5/h6-9,14-15H,10-13H2,1-5H3.